The summed E-state index contributed by atoms with van der Waals surface area (Å²) >= 11 is 0. The number of epoxide rings is 1. The van der Waals surface area contributed by atoms with E-state index in [1.165, 1.54) is 5.56 Å². The Hall–Kier alpha value is -1.02. The Bertz CT molecular complexity index is 279. The minimum Gasteiger partial charge on any atom is -0.491 e. The van der Waals surface area contributed by atoms with Crippen molar-refractivity contribution < 1.29 is 9.47 Å². The van der Waals surface area contributed by atoms with Crippen LogP contribution in [0.1, 0.15) is 12.5 Å². The minimum absolute atomic E-state index is 0.338. The van der Waals surface area contributed by atoms with E-state index in [0.717, 1.165) is 18.8 Å². The summed E-state index contributed by atoms with van der Waals surface area (Å²) in [5.41, 5.74) is 1.27. The topological polar surface area (TPSA) is 21.8 Å². The van der Waals surface area contributed by atoms with E-state index in [-0.39, 0.29) is 0 Å². The second-order valence-electron chi connectivity index (χ2n) is 3.23. The first-order valence-corrected chi connectivity index (χ1v) is 4.72. The van der Waals surface area contributed by atoms with E-state index in [2.05, 4.69) is 13.0 Å². The molecule has 0 N–H and O–H groups in total. The molecule has 0 saturated carbocycles. The normalized spacial score (nSPS) is 19.9. The van der Waals surface area contributed by atoms with Crippen LogP contribution in [0.15, 0.2) is 24.3 Å². The van der Waals surface area contributed by atoms with Crippen molar-refractivity contribution in [1.29, 1.82) is 0 Å². The maximum atomic E-state index is 5.63. The summed E-state index contributed by atoms with van der Waals surface area (Å²) in [5, 5.41) is 0. The van der Waals surface area contributed by atoms with Crippen molar-refractivity contribution in [3.8, 4) is 5.75 Å². The van der Waals surface area contributed by atoms with Crippen molar-refractivity contribution in [2.24, 2.45) is 0 Å². The first kappa shape index (κ1) is 8.57. The Labute approximate surface area is 78.5 Å². The van der Waals surface area contributed by atoms with Crippen molar-refractivity contribution in [2.75, 3.05) is 13.2 Å². The molecule has 13 heavy (non-hydrogen) atoms. The van der Waals surface area contributed by atoms with E-state index in [9.17, 15) is 0 Å². The van der Waals surface area contributed by atoms with Gasteiger partial charge in [0.2, 0.25) is 0 Å². The van der Waals surface area contributed by atoms with Crippen molar-refractivity contribution in [3.05, 3.63) is 29.8 Å². The largest absolute Gasteiger partial charge is 0.491 e. The third-order valence-corrected chi connectivity index (χ3v) is 2.18. The highest BCUT2D eigenvalue weighted by atomic mass is 16.6. The molecule has 1 heterocycles. The van der Waals surface area contributed by atoms with Crippen molar-refractivity contribution in [2.45, 2.75) is 19.4 Å². The average molecular weight is 178 g/mol. The van der Waals surface area contributed by atoms with E-state index >= 15 is 0 Å². The lowest BCUT2D eigenvalue weighted by atomic mass is 10.1. The van der Waals surface area contributed by atoms with E-state index in [1.54, 1.807) is 0 Å². The molecule has 0 radical (unpaired) electrons. The number of para-hydroxylation sites is 1. The summed E-state index contributed by atoms with van der Waals surface area (Å²) in [4.78, 5) is 0. The fourth-order valence-corrected chi connectivity index (χ4v) is 1.28. The molecule has 70 valence electrons. The average Bonchev–Trinajstić information content (AvgIpc) is 2.99. The summed E-state index contributed by atoms with van der Waals surface area (Å²) in [6.45, 7) is 3.68. The van der Waals surface area contributed by atoms with Gasteiger partial charge in [0.25, 0.3) is 0 Å². The van der Waals surface area contributed by atoms with Gasteiger partial charge in [-0.25, -0.2) is 0 Å². The maximum Gasteiger partial charge on any atom is 0.122 e. The molecule has 0 amide bonds. The molecule has 1 aromatic rings. The van der Waals surface area contributed by atoms with E-state index in [4.69, 9.17) is 9.47 Å². The Morgan fingerprint density at radius 3 is 2.92 bits per heavy atom. The number of ether oxygens (including phenoxy) is 2. The summed E-state index contributed by atoms with van der Waals surface area (Å²) in [6, 6.07) is 8.16. The van der Waals surface area contributed by atoms with Gasteiger partial charge in [-0.15, -0.1) is 0 Å². The molecular formula is C11H14O2. The summed E-state index contributed by atoms with van der Waals surface area (Å²) in [5.74, 6) is 1.00. The molecule has 0 aromatic heterocycles. The second-order valence-corrected chi connectivity index (χ2v) is 3.23. The molecule has 1 aromatic carbocycles. The molecule has 0 spiro atoms. The highest BCUT2D eigenvalue weighted by Gasteiger charge is 2.23. The molecule has 2 heteroatoms. The zero-order chi connectivity index (χ0) is 9.10. The van der Waals surface area contributed by atoms with Gasteiger partial charge in [0.05, 0.1) is 6.61 Å². The maximum absolute atomic E-state index is 5.63. The molecule has 1 fully saturated rings. The summed E-state index contributed by atoms with van der Waals surface area (Å²) in [6.07, 6.45) is 1.35. The van der Waals surface area contributed by atoms with Gasteiger partial charge in [-0.2, -0.15) is 0 Å². The quantitative estimate of drug-likeness (QED) is 0.658. The van der Waals surface area contributed by atoms with Crippen LogP contribution in [-0.2, 0) is 11.2 Å². The van der Waals surface area contributed by atoms with Gasteiger partial charge in [-0.3, -0.25) is 0 Å². The molecule has 1 aliphatic rings. The van der Waals surface area contributed by atoms with Gasteiger partial charge in [0, 0.05) is 0 Å². The van der Waals surface area contributed by atoms with E-state index in [0.29, 0.717) is 12.7 Å². The molecule has 0 bridgehead atoms. The smallest absolute Gasteiger partial charge is 0.122 e. The molecule has 0 aliphatic carbocycles. The van der Waals surface area contributed by atoms with Crippen LogP contribution >= 0.6 is 0 Å². The monoisotopic (exact) mass is 178 g/mol. The molecule has 1 aliphatic heterocycles. The predicted molar refractivity (Wildman–Crippen MR) is 51.1 cm³/mol. The zero-order valence-corrected chi connectivity index (χ0v) is 7.82. The van der Waals surface area contributed by atoms with Crippen molar-refractivity contribution in [3.63, 3.8) is 0 Å². The SMILES string of the molecule is CCc1ccccc1OC[C@H]1CO1. The standard InChI is InChI=1S/C11H14O2/c1-2-9-5-3-4-6-11(9)13-8-10-7-12-10/h3-6,10H,2,7-8H2,1H3/t10-/m1/s1. The van der Waals surface area contributed by atoms with Gasteiger partial charge in [-0.1, -0.05) is 25.1 Å². The number of aryl methyl sites for hydroxylation is 1. The predicted octanol–water partition coefficient (Wildman–Crippen LogP) is 2.03. The third-order valence-electron chi connectivity index (χ3n) is 2.18. The van der Waals surface area contributed by atoms with Crippen molar-refractivity contribution >= 4 is 0 Å². The van der Waals surface area contributed by atoms with Crippen LogP contribution in [-0.4, -0.2) is 19.3 Å². The van der Waals surface area contributed by atoms with Crippen molar-refractivity contribution in [1.82, 2.24) is 0 Å². The van der Waals surface area contributed by atoms with Crippen LogP contribution in [0.25, 0.3) is 0 Å². The second kappa shape index (κ2) is 3.79. The molecular weight excluding hydrogens is 164 g/mol. The summed E-state index contributed by atoms with van der Waals surface area (Å²) in [7, 11) is 0. The Kier molecular flexibility index (Phi) is 2.50. The van der Waals surface area contributed by atoms with E-state index in [1.807, 2.05) is 18.2 Å². The van der Waals surface area contributed by atoms with Crippen LogP contribution in [0.3, 0.4) is 0 Å². The number of benzene rings is 1. The number of rotatable bonds is 4. The lowest BCUT2D eigenvalue weighted by Gasteiger charge is -2.08. The molecule has 1 atom stereocenters. The highest BCUT2D eigenvalue weighted by Crippen LogP contribution is 2.20. The number of hydrogen-bond acceptors (Lipinski definition) is 2. The fraction of sp³-hybridized carbons (Fsp3) is 0.455. The number of hydrogen-bond donors (Lipinski definition) is 0. The first-order valence-electron chi connectivity index (χ1n) is 4.72. The van der Waals surface area contributed by atoms with Gasteiger partial charge in [0.15, 0.2) is 0 Å². The first-order chi connectivity index (χ1) is 6.40. The highest BCUT2D eigenvalue weighted by molar-refractivity contribution is 5.33. The van der Waals surface area contributed by atoms with Crippen LogP contribution in [0.5, 0.6) is 5.75 Å². The van der Waals surface area contributed by atoms with Gasteiger partial charge >= 0.3 is 0 Å². The molecule has 2 rings (SSSR count). The van der Waals surface area contributed by atoms with Crippen LogP contribution in [0, 0.1) is 0 Å². The summed E-state index contributed by atoms with van der Waals surface area (Å²) < 4.78 is 10.7. The molecule has 0 unspecified atom stereocenters. The lowest BCUT2D eigenvalue weighted by Crippen LogP contribution is -2.05. The fourth-order valence-electron chi connectivity index (χ4n) is 1.28. The van der Waals surface area contributed by atoms with Crippen LogP contribution in [0.2, 0.25) is 0 Å². The zero-order valence-electron chi connectivity index (χ0n) is 7.82. The minimum atomic E-state index is 0.338. The van der Waals surface area contributed by atoms with Gasteiger partial charge < -0.3 is 9.47 Å². The van der Waals surface area contributed by atoms with Crippen LogP contribution in [0.4, 0.5) is 0 Å². The Morgan fingerprint density at radius 2 is 2.23 bits per heavy atom. The Morgan fingerprint density at radius 1 is 1.46 bits per heavy atom. The van der Waals surface area contributed by atoms with Gasteiger partial charge in [0.1, 0.15) is 18.5 Å². The Balaban J connectivity index is 1.99. The molecule has 2 nitrogen and oxygen atoms in total. The molecule has 1 saturated heterocycles. The van der Waals surface area contributed by atoms with E-state index < -0.39 is 0 Å². The van der Waals surface area contributed by atoms with Crippen LogP contribution < -0.4 is 4.74 Å². The third kappa shape index (κ3) is 2.22. The van der Waals surface area contributed by atoms with Gasteiger partial charge in [-0.05, 0) is 18.1 Å². The lowest BCUT2D eigenvalue weighted by molar-refractivity contribution is 0.261.